The number of rotatable bonds is 5. The van der Waals surface area contributed by atoms with Gasteiger partial charge >= 0.3 is 0 Å². The normalized spacial score (nSPS) is 15.1. The van der Waals surface area contributed by atoms with Gasteiger partial charge in [0.1, 0.15) is 0 Å². The van der Waals surface area contributed by atoms with E-state index in [4.69, 9.17) is 0 Å². The van der Waals surface area contributed by atoms with E-state index in [1.807, 2.05) is 35.2 Å². The van der Waals surface area contributed by atoms with Gasteiger partial charge in [-0.05, 0) is 48.2 Å². The fourth-order valence-electron chi connectivity index (χ4n) is 3.47. The van der Waals surface area contributed by atoms with Crippen molar-refractivity contribution in [2.24, 2.45) is 0 Å². The first-order chi connectivity index (χ1) is 12.2. The van der Waals surface area contributed by atoms with Gasteiger partial charge in [0.05, 0.1) is 18.2 Å². The average Bonchev–Trinajstić information content (AvgIpc) is 3.47. The number of amides is 1. The molecule has 126 valence electrons. The Labute approximate surface area is 148 Å². The standard InChI is InChI=1S/C22H22N2O/c1-16(21-8-4-5-13-23-21)24(20-11-12-20)22(25)15-17-9-10-18-6-2-3-7-19(18)14-17/h2-10,13-14,16,20H,11-12,15H2,1H3/t16-/m0/s1. The fraction of sp³-hybridized carbons (Fsp3) is 0.273. The summed E-state index contributed by atoms with van der Waals surface area (Å²) < 4.78 is 0. The van der Waals surface area contributed by atoms with E-state index in [1.54, 1.807) is 6.20 Å². The van der Waals surface area contributed by atoms with Crippen LogP contribution < -0.4 is 0 Å². The first kappa shape index (κ1) is 15.8. The highest BCUT2D eigenvalue weighted by Crippen LogP contribution is 2.34. The monoisotopic (exact) mass is 330 g/mol. The molecule has 0 radical (unpaired) electrons. The summed E-state index contributed by atoms with van der Waals surface area (Å²) in [5.41, 5.74) is 2.03. The molecular weight excluding hydrogens is 308 g/mol. The van der Waals surface area contributed by atoms with Gasteiger partial charge in [-0.15, -0.1) is 0 Å². The van der Waals surface area contributed by atoms with Crippen LogP contribution in [0.25, 0.3) is 10.8 Å². The molecule has 1 fully saturated rings. The van der Waals surface area contributed by atoms with Crippen molar-refractivity contribution >= 4 is 16.7 Å². The summed E-state index contributed by atoms with van der Waals surface area (Å²) in [5.74, 6) is 0.191. The zero-order valence-corrected chi connectivity index (χ0v) is 14.4. The number of benzene rings is 2. The maximum atomic E-state index is 13.0. The largest absolute Gasteiger partial charge is 0.331 e. The first-order valence-corrected chi connectivity index (χ1v) is 8.92. The number of fused-ring (bicyclic) bond motifs is 1. The van der Waals surface area contributed by atoms with Crippen LogP contribution in [0.2, 0.25) is 0 Å². The van der Waals surface area contributed by atoms with Gasteiger partial charge in [-0.3, -0.25) is 9.78 Å². The van der Waals surface area contributed by atoms with E-state index in [0.717, 1.165) is 24.1 Å². The summed E-state index contributed by atoms with van der Waals surface area (Å²) in [6.45, 7) is 2.08. The number of nitrogens with zero attached hydrogens (tertiary/aromatic N) is 2. The lowest BCUT2D eigenvalue weighted by atomic mass is 10.0. The summed E-state index contributed by atoms with van der Waals surface area (Å²) >= 11 is 0. The second-order valence-electron chi connectivity index (χ2n) is 6.82. The van der Waals surface area contributed by atoms with Crippen molar-refractivity contribution in [3.8, 4) is 0 Å². The van der Waals surface area contributed by atoms with Gasteiger partial charge in [0.2, 0.25) is 5.91 Å². The zero-order valence-electron chi connectivity index (χ0n) is 14.4. The molecule has 0 N–H and O–H groups in total. The molecule has 0 spiro atoms. The molecule has 0 saturated heterocycles. The van der Waals surface area contributed by atoms with Gasteiger partial charge in [-0.25, -0.2) is 0 Å². The number of carbonyl (C=O) groups excluding carboxylic acids is 1. The van der Waals surface area contributed by atoms with Crippen LogP contribution in [0.15, 0.2) is 66.9 Å². The topological polar surface area (TPSA) is 33.2 Å². The fourth-order valence-corrected chi connectivity index (χ4v) is 3.47. The Morgan fingerprint density at radius 2 is 1.84 bits per heavy atom. The summed E-state index contributed by atoms with van der Waals surface area (Å²) in [6, 6.07) is 20.8. The summed E-state index contributed by atoms with van der Waals surface area (Å²) in [6.07, 6.45) is 4.44. The van der Waals surface area contributed by atoms with Crippen molar-refractivity contribution < 1.29 is 4.79 Å². The Balaban J connectivity index is 1.56. The number of carbonyl (C=O) groups is 1. The molecule has 4 rings (SSSR count). The molecule has 1 heterocycles. The van der Waals surface area contributed by atoms with Gasteiger partial charge in [0.25, 0.3) is 0 Å². The summed E-state index contributed by atoms with van der Waals surface area (Å²) in [5, 5.41) is 2.39. The van der Waals surface area contributed by atoms with Crippen LogP contribution in [0.5, 0.6) is 0 Å². The molecular formula is C22H22N2O. The minimum atomic E-state index is 0.0154. The number of pyridine rings is 1. The first-order valence-electron chi connectivity index (χ1n) is 8.92. The Hall–Kier alpha value is -2.68. The lowest BCUT2D eigenvalue weighted by Gasteiger charge is -2.29. The van der Waals surface area contributed by atoms with Crippen molar-refractivity contribution in [1.82, 2.24) is 9.88 Å². The number of hydrogen-bond donors (Lipinski definition) is 0. The number of aromatic nitrogens is 1. The Morgan fingerprint density at radius 3 is 2.56 bits per heavy atom. The van der Waals surface area contributed by atoms with Gasteiger partial charge in [0, 0.05) is 12.2 Å². The predicted octanol–water partition coefficient (Wildman–Crippen LogP) is 4.53. The molecule has 3 heteroatoms. The van der Waals surface area contributed by atoms with Gasteiger partial charge in [0.15, 0.2) is 0 Å². The molecule has 3 nitrogen and oxygen atoms in total. The van der Waals surface area contributed by atoms with E-state index in [0.29, 0.717) is 12.5 Å². The molecule has 3 aromatic rings. The molecule has 25 heavy (non-hydrogen) atoms. The lowest BCUT2D eigenvalue weighted by molar-refractivity contribution is -0.133. The molecule has 1 saturated carbocycles. The number of hydrogen-bond acceptors (Lipinski definition) is 2. The second-order valence-corrected chi connectivity index (χ2v) is 6.82. The van der Waals surface area contributed by atoms with Crippen molar-refractivity contribution in [1.29, 1.82) is 0 Å². The third-order valence-electron chi connectivity index (χ3n) is 4.93. The smallest absolute Gasteiger partial charge is 0.227 e. The van der Waals surface area contributed by atoms with Crippen LogP contribution in [0.3, 0.4) is 0 Å². The molecule has 1 aromatic heterocycles. The van der Waals surface area contributed by atoms with Crippen LogP contribution in [-0.2, 0) is 11.2 Å². The minimum Gasteiger partial charge on any atom is -0.331 e. The van der Waals surface area contributed by atoms with Crippen LogP contribution in [0, 0.1) is 0 Å². The highest BCUT2D eigenvalue weighted by atomic mass is 16.2. The SMILES string of the molecule is C[C@@H](c1ccccn1)N(C(=O)Cc1ccc2ccccc2c1)C1CC1. The van der Waals surface area contributed by atoms with E-state index < -0.39 is 0 Å². The van der Waals surface area contributed by atoms with Crippen LogP contribution in [-0.4, -0.2) is 21.8 Å². The molecule has 2 aromatic carbocycles. The lowest BCUT2D eigenvalue weighted by Crippen LogP contribution is -2.37. The Kier molecular flexibility index (Phi) is 4.22. The molecule has 0 unspecified atom stereocenters. The van der Waals surface area contributed by atoms with Crippen molar-refractivity contribution in [3.05, 3.63) is 78.1 Å². The molecule has 1 aliphatic rings. The highest BCUT2D eigenvalue weighted by molar-refractivity contribution is 5.85. The second kappa shape index (κ2) is 6.67. The molecule has 0 aliphatic heterocycles. The van der Waals surface area contributed by atoms with E-state index in [2.05, 4.69) is 42.2 Å². The third-order valence-corrected chi connectivity index (χ3v) is 4.93. The maximum Gasteiger partial charge on any atom is 0.227 e. The van der Waals surface area contributed by atoms with E-state index in [-0.39, 0.29) is 11.9 Å². The average molecular weight is 330 g/mol. The van der Waals surface area contributed by atoms with E-state index in [1.165, 1.54) is 10.8 Å². The van der Waals surface area contributed by atoms with Gasteiger partial charge < -0.3 is 4.90 Å². The van der Waals surface area contributed by atoms with Crippen molar-refractivity contribution in [2.75, 3.05) is 0 Å². The minimum absolute atomic E-state index is 0.0154. The van der Waals surface area contributed by atoms with Crippen LogP contribution in [0.1, 0.15) is 37.1 Å². The molecule has 1 amide bonds. The van der Waals surface area contributed by atoms with Crippen LogP contribution >= 0.6 is 0 Å². The quantitative estimate of drug-likeness (QED) is 0.688. The van der Waals surface area contributed by atoms with E-state index >= 15 is 0 Å². The summed E-state index contributed by atoms with van der Waals surface area (Å²) in [7, 11) is 0. The zero-order chi connectivity index (χ0) is 17.2. The predicted molar refractivity (Wildman–Crippen MR) is 100 cm³/mol. The molecule has 1 aliphatic carbocycles. The third kappa shape index (κ3) is 3.41. The Morgan fingerprint density at radius 1 is 1.08 bits per heavy atom. The van der Waals surface area contributed by atoms with Crippen molar-refractivity contribution in [2.45, 2.75) is 38.3 Å². The van der Waals surface area contributed by atoms with Crippen molar-refractivity contribution in [3.63, 3.8) is 0 Å². The van der Waals surface area contributed by atoms with Crippen LogP contribution in [0.4, 0.5) is 0 Å². The Bertz CT molecular complexity index is 887. The van der Waals surface area contributed by atoms with Gasteiger partial charge in [-0.2, -0.15) is 0 Å². The summed E-state index contributed by atoms with van der Waals surface area (Å²) in [4.78, 5) is 19.5. The van der Waals surface area contributed by atoms with E-state index in [9.17, 15) is 4.79 Å². The molecule has 1 atom stereocenters. The maximum absolute atomic E-state index is 13.0. The highest BCUT2D eigenvalue weighted by Gasteiger charge is 2.36. The molecule has 0 bridgehead atoms. The van der Waals surface area contributed by atoms with Gasteiger partial charge in [-0.1, -0.05) is 48.5 Å².